The van der Waals surface area contributed by atoms with Crippen molar-refractivity contribution in [3.8, 4) is 0 Å². The van der Waals surface area contributed by atoms with Crippen LogP contribution in [0.15, 0.2) is 18.2 Å². The Bertz CT molecular complexity index is 485. The van der Waals surface area contributed by atoms with Gasteiger partial charge in [-0.05, 0) is 50.4 Å². The van der Waals surface area contributed by atoms with Crippen LogP contribution in [-0.4, -0.2) is 19.6 Å². The van der Waals surface area contributed by atoms with E-state index in [0.29, 0.717) is 30.3 Å². The Morgan fingerprint density at radius 3 is 2.57 bits per heavy atom. The lowest BCUT2D eigenvalue weighted by Gasteiger charge is -2.39. The molecule has 118 valence electrons. The molecular weight excluding hydrogens is 277 g/mol. The number of alkyl halides is 3. The van der Waals surface area contributed by atoms with Crippen molar-refractivity contribution >= 4 is 5.69 Å². The molecule has 5 heteroatoms. The first-order chi connectivity index (χ1) is 9.82. The second kappa shape index (κ2) is 6.26. The quantitative estimate of drug-likeness (QED) is 0.906. The van der Waals surface area contributed by atoms with Gasteiger partial charge in [0, 0.05) is 24.8 Å². The van der Waals surface area contributed by atoms with Gasteiger partial charge >= 0.3 is 6.18 Å². The van der Waals surface area contributed by atoms with Crippen molar-refractivity contribution in [3.05, 3.63) is 29.3 Å². The third-order valence-electron chi connectivity index (χ3n) is 4.20. The van der Waals surface area contributed by atoms with Gasteiger partial charge in [-0.15, -0.1) is 0 Å². The maximum Gasteiger partial charge on any atom is 0.418 e. The molecule has 1 N–H and O–H groups in total. The minimum absolute atomic E-state index is 0.144. The minimum Gasteiger partial charge on any atom is -0.368 e. The van der Waals surface area contributed by atoms with Gasteiger partial charge < -0.3 is 10.2 Å². The van der Waals surface area contributed by atoms with E-state index in [4.69, 9.17) is 0 Å². The molecule has 1 fully saturated rings. The van der Waals surface area contributed by atoms with Gasteiger partial charge in [0.15, 0.2) is 0 Å². The molecule has 1 aliphatic rings. The fraction of sp³-hybridized carbons (Fsp3) is 0.625. The molecule has 1 aromatic carbocycles. The van der Waals surface area contributed by atoms with Gasteiger partial charge in [-0.25, -0.2) is 0 Å². The van der Waals surface area contributed by atoms with Crippen LogP contribution in [0.1, 0.15) is 37.8 Å². The molecule has 2 rings (SSSR count). The van der Waals surface area contributed by atoms with E-state index < -0.39 is 11.7 Å². The molecule has 0 saturated carbocycles. The highest BCUT2D eigenvalue weighted by Crippen LogP contribution is 2.39. The molecule has 0 spiro atoms. The number of halogens is 3. The van der Waals surface area contributed by atoms with Crippen LogP contribution in [0.3, 0.4) is 0 Å². The highest BCUT2D eigenvalue weighted by atomic mass is 19.4. The zero-order valence-electron chi connectivity index (χ0n) is 12.8. The molecule has 0 aromatic heterocycles. The summed E-state index contributed by atoms with van der Waals surface area (Å²) < 4.78 is 40.1. The molecular formula is C16H23F3N2. The summed E-state index contributed by atoms with van der Waals surface area (Å²) in [7, 11) is 1.73. The number of piperidine rings is 1. The fourth-order valence-corrected chi connectivity index (χ4v) is 3.14. The Labute approximate surface area is 124 Å². The first-order valence-electron chi connectivity index (χ1n) is 7.44. The number of hydrogen-bond donors (Lipinski definition) is 1. The van der Waals surface area contributed by atoms with Crippen LogP contribution in [0, 0.1) is 5.92 Å². The SMILES string of the molecule is CNCc1ccc(N2CCC(C)CC2C)c(C(F)(F)F)c1. The Balaban J connectivity index is 2.38. The van der Waals surface area contributed by atoms with Gasteiger partial charge in [-0.3, -0.25) is 0 Å². The Kier molecular flexibility index (Phi) is 4.81. The van der Waals surface area contributed by atoms with Crippen molar-refractivity contribution in [1.29, 1.82) is 0 Å². The fourth-order valence-electron chi connectivity index (χ4n) is 3.14. The van der Waals surface area contributed by atoms with Crippen LogP contribution >= 0.6 is 0 Å². The predicted molar refractivity (Wildman–Crippen MR) is 79.4 cm³/mol. The first-order valence-corrected chi connectivity index (χ1v) is 7.44. The van der Waals surface area contributed by atoms with Crippen molar-refractivity contribution in [1.82, 2.24) is 5.32 Å². The van der Waals surface area contributed by atoms with Gasteiger partial charge in [0.25, 0.3) is 0 Å². The number of anilines is 1. The number of nitrogens with zero attached hydrogens (tertiary/aromatic N) is 1. The Morgan fingerprint density at radius 1 is 1.29 bits per heavy atom. The molecule has 1 aromatic rings. The topological polar surface area (TPSA) is 15.3 Å². The van der Waals surface area contributed by atoms with E-state index in [9.17, 15) is 13.2 Å². The van der Waals surface area contributed by atoms with Crippen molar-refractivity contribution in [2.24, 2.45) is 5.92 Å². The van der Waals surface area contributed by atoms with Crippen LogP contribution in [0.5, 0.6) is 0 Å². The van der Waals surface area contributed by atoms with Crippen molar-refractivity contribution < 1.29 is 13.2 Å². The van der Waals surface area contributed by atoms with Crippen LogP contribution in [0.2, 0.25) is 0 Å². The molecule has 2 unspecified atom stereocenters. The normalized spacial score (nSPS) is 23.4. The third kappa shape index (κ3) is 3.70. The summed E-state index contributed by atoms with van der Waals surface area (Å²) in [4.78, 5) is 1.91. The summed E-state index contributed by atoms with van der Waals surface area (Å²) in [5.41, 5.74) is 0.463. The van der Waals surface area contributed by atoms with E-state index in [1.54, 1.807) is 19.2 Å². The van der Waals surface area contributed by atoms with E-state index in [0.717, 1.165) is 12.8 Å². The van der Waals surface area contributed by atoms with Crippen LogP contribution in [0.25, 0.3) is 0 Å². The second-order valence-corrected chi connectivity index (χ2v) is 6.05. The van der Waals surface area contributed by atoms with E-state index in [1.165, 1.54) is 6.07 Å². The highest BCUT2D eigenvalue weighted by molar-refractivity contribution is 5.57. The molecule has 0 aliphatic carbocycles. The summed E-state index contributed by atoms with van der Waals surface area (Å²) in [6.07, 6.45) is -2.43. The van der Waals surface area contributed by atoms with Gasteiger partial charge in [0.2, 0.25) is 0 Å². The summed E-state index contributed by atoms with van der Waals surface area (Å²) in [6.45, 7) is 5.30. The maximum absolute atomic E-state index is 13.4. The monoisotopic (exact) mass is 300 g/mol. The van der Waals surface area contributed by atoms with E-state index >= 15 is 0 Å². The molecule has 2 nitrogen and oxygen atoms in total. The molecule has 1 aliphatic heterocycles. The zero-order valence-corrected chi connectivity index (χ0v) is 12.8. The summed E-state index contributed by atoms with van der Waals surface area (Å²) in [5.74, 6) is 0.578. The molecule has 0 bridgehead atoms. The molecule has 1 saturated heterocycles. The van der Waals surface area contributed by atoms with Crippen LogP contribution < -0.4 is 10.2 Å². The molecule has 21 heavy (non-hydrogen) atoms. The number of benzene rings is 1. The molecule has 0 radical (unpaired) electrons. The lowest BCUT2D eigenvalue weighted by molar-refractivity contribution is -0.137. The summed E-state index contributed by atoms with van der Waals surface area (Å²) >= 11 is 0. The Morgan fingerprint density at radius 2 is 2.00 bits per heavy atom. The first kappa shape index (κ1) is 16.1. The van der Waals surface area contributed by atoms with E-state index in [2.05, 4.69) is 12.2 Å². The summed E-state index contributed by atoms with van der Waals surface area (Å²) in [6, 6.07) is 4.83. The van der Waals surface area contributed by atoms with Crippen LogP contribution in [0.4, 0.5) is 18.9 Å². The van der Waals surface area contributed by atoms with Gasteiger partial charge in [0.1, 0.15) is 0 Å². The molecule has 1 heterocycles. The number of nitrogens with one attached hydrogen (secondary N) is 1. The zero-order chi connectivity index (χ0) is 15.6. The number of hydrogen-bond acceptors (Lipinski definition) is 2. The smallest absolute Gasteiger partial charge is 0.368 e. The average Bonchev–Trinajstić information content (AvgIpc) is 2.38. The lowest BCUT2D eigenvalue weighted by atomic mass is 9.92. The van der Waals surface area contributed by atoms with Gasteiger partial charge in [0.05, 0.1) is 5.56 Å². The molecule has 2 atom stereocenters. The second-order valence-electron chi connectivity index (χ2n) is 6.05. The van der Waals surface area contributed by atoms with E-state index in [-0.39, 0.29) is 6.04 Å². The lowest BCUT2D eigenvalue weighted by Crippen LogP contribution is -2.41. The molecule has 0 amide bonds. The van der Waals surface area contributed by atoms with Crippen molar-refractivity contribution in [2.45, 2.75) is 45.5 Å². The average molecular weight is 300 g/mol. The van der Waals surface area contributed by atoms with Crippen molar-refractivity contribution in [3.63, 3.8) is 0 Å². The van der Waals surface area contributed by atoms with Crippen LogP contribution in [-0.2, 0) is 12.7 Å². The third-order valence-corrected chi connectivity index (χ3v) is 4.20. The predicted octanol–water partition coefficient (Wildman–Crippen LogP) is 4.05. The summed E-state index contributed by atoms with van der Waals surface area (Å²) in [5, 5.41) is 2.90. The largest absolute Gasteiger partial charge is 0.418 e. The van der Waals surface area contributed by atoms with Gasteiger partial charge in [-0.2, -0.15) is 13.2 Å². The van der Waals surface area contributed by atoms with E-state index in [1.807, 2.05) is 11.8 Å². The van der Waals surface area contributed by atoms with Crippen molar-refractivity contribution in [2.75, 3.05) is 18.5 Å². The minimum atomic E-state index is -4.32. The number of rotatable bonds is 3. The maximum atomic E-state index is 13.4. The Hall–Kier alpha value is -1.23. The highest BCUT2D eigenvalue weighted by Gasteiger charge is 2.36. The standard InChI is InChI=1S/C16H23F3N2/c1-11-6-7-21(12(2)8-11)15-5-4-13(10-20-3)9-14(15)16(17,18)19/h4-5,9,11-12,20H,6-8,10H2,1-3H3. The van der Waals surface area contributed by atoms with Gasteiger partial charge in [-0.1, -0.05) is 13.0 Å².